The first-order valence-corrected chi connectivity index (χ1v) is 8.70. The summed E-state index contributed by atoms with van der Waals surface area (Å²) in [7, 11) is 2.60. The van der Waals surface area contributed by atoms with E-state index >= 15 is 0 Å². The highest BCUT2D eigenvalue weighted by Crippen LogP contribution is 2.35. The summed E-state index contributed by atoms with van der Waals surface area (Å²) >= 11 is 1.41. The van der Waals surface area contributed by atoms with Gasteiger partial charge in [0.05, 0.1) is 19.9 Å². The Kier molecular flexibility index (Phi) is 6.77. The van der Waals surface area contributed by atoms with Crippen LogP contribution in [0.15, 0.2) is 17.4 Å². The lowest BCUT2D eigenvalue weighted by atomic mass is 10.1. The van der Waals surface area contributed by atoms with Gasteiger partial charge in [-0.1, -0.05) is 11.8 Å². The quantitative estimate of drug-likeness (QED) is 0.546. The number of ether oxygens (including phenoxy) is 2. The van der Waals surface area contributed by atoms with Crippen LogP contribution in [-0.4, -0.2) is 37.0 Å². The zero-order valence-corrected chi connectivity index (χ0v) is 15.0. The lowest BCUT2D eigenvalue weighted by Gasteiger charge is -2.15. The molecule has 0 atom stereocenters. The van der Waals surface area contributed by atoms with E-state index in [0.717, 1.165) is 11.8 Å². The van der Waals surface area contributed by atoms with Crippen molar-refractivity contribution in [3.8, 4) is 11.5 Å². The molecule has 3 N–H and O–H groups in total. The number of benzene rings is 1. The van der Waals surface area contributed by atoms with Gasteiger partial charge in [0.2, 0.25) is 0 Å². The van der Waals surface area contributed by atoms with E-state index in [1.165, 1.54) is 26.0 Å². The Morgan fingerprint density at radius 1 is 1.20 bits per heavy atom. The first kappa shape index (κ1) is 19.2. The van der Waals surface area contributed by atoms with E-state index in [4.69, 9.17) is 15.2 Å². The van der Waals surface area contributed by atoms with E-state index in [2.05, 4.69) is 15.3 Å². The first-order chi connectivity index (χ1) is 12.0. The van der Waals surface area contributed by atoms with Crippen LogP contribution >= 0.6 is 11.8 Å². The average molecular weight is 370 g/mol. The topological polar surface area (TPSA) is 82.3 Å². The minimum absolute atomic E-state index is 0.114. The van der Waals surface area contributed by atoms with Crippen LogP contribution in [0.4, 0.5) is 14.5 Å². The van der Waals surface area contributed by atoms with Crippen LogP contribution < -0.4 is 20.5 Å². The van der Waals surface area contributed by atoms with Gasteiger partial charge >= 0.3 is 0 Å². The second kappa shape index (κ2) is 8.82. The van der Waals surface area contributed by atoms with Crippen LogP contribution in [0.3, 0.4) is 0 Å². The third kappa shape index (κ3) is 4.29. The Balaban J connectivity index is 2.32. The van der Waals surface area contributed by atoms with Crippen molar-refractivity contribution in [3.63, 3.8) is 0 Å². The molecule has 1 aromatic carbocycles. The molecule has 2 aromatic rings. The molecule has 0 aliphatic carbocycles. The van der Waals surface area contributed by atoms with Crippen molar-refractivity contribution in [2.75, 3.05) is 32.3 Å². The molecule has 0 unspecified atom stereocenters. The number of nitrogens with zero attached hydrogens (tertiary/aromatic N) is 2. The summed E-state index contributed by atoms with van der Waals surface area (Å²) in [6, 6.07) is 1.16. The fraction of sp³-hybridized carbons (Fsp3) is 0.375. The highest BCUT2D eigenvalue weighted by atomic mass is 32.2. The maximum Gasteiger partial charge on any atom is 0.191 e. The number of anilines is 1. The number of aromatic nitrogens is 2. The van der Waals surface area contributed by atoms with Gasteiger partial charge in [0.15, 0.2) is 28.3 Å². The molecule has 9 heteroatoms. The van der Waals surface area contributed by atoms with Crippen LogP contribution in [-0.2, 0) is 13.0 Å². The average Bonchev–Trinajstić information content (AvgIpc) is 2.63. The molecule has 0 saturated heterocycles. The molecule has 0 radical (unpaired) electrons. The van der Waals surface area contributed by atoms with Crippen molar-refractivity contribution in [1.29, 1.82) is 0 Å². The molecular formula is C16H20F2N4O2S. The Morgan fingerprint density at radius 2 is 1.84 bits per heavy atom. The molecule has 0 aliphatic rings. The molecule has 1 heterocycles. The fourth-order valence-corrected chi connectivity index (χ4v) is 2.61. The Hall–Kier alpha value is -2.13. The van der Waals surface area contributed by atoms with Crippen molar-refractivity contribution in [1.82, 2.24) is 9.97 Å². The Bertz CT molecular complexity index is 718. The van der Waals surface area contributed by atoms with Gasteiger partial charge in [-0.3, -0.25) is 0 Å². The van der Waals surface area contributed by atoms with Gasteiger partial charge in [0.1, 0.15) is 5.69 Å². The third-order valence-electron chi connectivity index (χ3n) is 3.53. The summed E-state index contributed by atoms with van der Waals surface area (Å²) in [6.07, 6.45) is 4.04. The molecule has 25 heavy (non-hydrogen) atoms. The monoisotopic (exact) mass is 370 g/mol. The van der Waals surface area contributed by atoms with Gasteiger partial charge in [0, 0.05) is 30.8 Å². The number of thioether (sulfide) groups is 1. The molecule has 0 amide bonds. The van der Waals surface area contributed by atoms with Crippen molar-refractivity contribution >= 4 is 17.4 Å². The van der Waals surface area contributed by atoms with Crippen molar-refractivity contribution in [3.05, 3.63) is 35.2 Å². The summed E-state index contributed by atoms with van der Waals surface area (Å²) in [5.74, 6) is -1.89. The largest absolute Gasteiger partial charge is 0.493 e. The van der Waals surface area contributed by atoms with E-state index in [0.29, 0.717) is 23.7 Å². The highest BCUT2D eigenvalue weighted by Gasteiger charge is 2.20. The second-order valence-electron chi connectivity index (χ2n) is 5.00. The van der Waals surface area contributed by atoms with Gasteiger partial charge in [-0.15, -0.1) is 0 Å². The van der Waals surface area contributed by atoms with Gasteiger partial charge in [-0.05, 0) is 12.8 Å². The lowest BCUT2D eigenvalue weighted by Crippen LogP contribution is -2.13. The summed E-state index contributed by atoms with van der Waals surface area (Å²) in [5.41, 5.74) is 6.73. The van der Waals surface area contributed by atoms with E-state index in [1.54, 1.807) is 6.20 Å². The van der Waals surface area contributed by atoms with Crippen molar-refractivity contribution in [2.45, 2.75) is 18.1 Å². The first-order valence-electron chi connectivity index (χ1n) is 7.48. The standard InChI is InChI=1S/C16H20F2N4O2S/c1-23-11-6-12(24-2)14(18)15(13(11)17)20-7-9-8-21-16(25-3)22-10(9)4-5-19/h6,8,20H,4-5,7,19H2,1-3H3. The zero-order chi connectivity index (χ0) is 18.4. The van der Waals surface area contributed by atoms with Crippen LogP contribution in [0.5, 0.6) is 11.5 Å². The number of hydrogen-bond donors (Lipinski definition) is 2. The molecule has 0 aliphatic heterocycles. The van der Waals surface area contributed by atoms with Crippen molar-refractivity contribution in [2.24, 2.45) is 5.73 Å². The van der Waals surface area contributed by atoms with E-state index in [9.17, 15) is 8.78 Å². The Morgan fingerprint density at radius 3 is 2.36 bits per heavy atom. The number of halogens is 2. The van der Waals surface area contributed by atoms with Crippen LogP contribution in [0.25, 0.3) is 0 Å². The molecule has 0 saturated carbocycles. The zero-order valence-electron chi connectivity index (χ0n) is 14.2. The molecule has 0 fully saturated rings. The van der Waals surface area contributed by atoms with Gasteiger partial charge in [-0.25, -0.2) is 18.7 Å². The van der Waals surface area contributed by atoms with E-state index in [1.807, 2.05) is 6.26 Å². The fourth-order valence-electron chi connectivity index (χ4n) is 2.25. The SMILES string of the molecule is COc1cc(OC)c(F)c(NCc2cnc(SC)nc2CCN)c1F. The number of nitrogens with one attached hydrogen (secondary N) is 1. The minimum atomic E-state index is -0.831. The predicted octanol–water partition coefficient (Wildman–Crippen LogP) is 2.61. The molecule has 1 aromatic heterocycles. The molecule has 136 valence electrons. The number of hydrogen-bond acceptors (Lipinski definition) is 7. The van der Waals surface area contributed by atoms with Crippen LogP contribution in [0.2, 0.25) is 0 Å². The van der Waals surface area contributed by atoms with Gasteiger partial charge < -0.3 is 20.5 Å². The predicted molar refractivity (Wildman–Crippen MR) is 93.4 cm³/mol. The van der Waals surface area contributed by atoms with Crippen LogP contribution in [0, 0.1) is 11.6 Å². The maximum absolute atomic E-state index is 14.4. The van der Waals surface area contributed by atoms with Gasteiger partial charge in [0.25, 0.3) is 0 Å². The van der Waals surface area contributed by atoms with E-state index < -0.39 is 11.6 Å². The second-order valence-corrected chi connectivity index (χ2v) is 5.78. The summed E-state index contributed by atoms with van der Waals surface area (Å²) < 4.78 is 38.6. The number of methoxy groups -OCH3 is 2. The third-order valence-corrected chi connectivity index (χ3v) is 4.09. The van der Waals surface area contributed by atoms with Crippen molar-refractivity contribution < 1.29 is 18.3 Å². The normalized spacial score (nSPS) is 10.6. The molecule has 6 nitrogen and oxygen atoms in total. The maximum atomic E-state index is 14.4. The number of rotatable bonds is 8. The molecule has 0 spiro atoms. The van der Waals surface area contributed by atoms with Crippen LogP contribution in [0.1, 0.15) is 11.3 Å². The smallest absolute Gasteiger partial charge is 0.191 e. The minimum Gasteiger partial charge on any atom is -0.493 e. The molecule has 0 bridgehead atoms. The highest BCUT2D eigenvalue weighted by molar-refractivity contribution is 7.98. The summed E-state index contributed by atoms with van der Waals surface area (Å²) in [5, 5.41) is 3.36. The molecular weight excluding hydrogens is 350 g/mol. The summed E-state index contributed by atoms with van der Waals surface area (Å²) in [6.45, 7) is 0.543. The lowest BCUT2D eigenvalue weighted by molar-refractivity contribution is 0.360. The number of nitrogens with two attached hydrogens (primary N) is 1. The van der Waals surface area contributed by atoms with Gasteiger partial charge in [-0.2, -0.15) is 0 Å². The van der Waals surface area contributed by atoms with E-state index in [-0.39, 0.29) is 23.7 Å². The summed E-state index contributed by atoms with van der Waals surface area (Å²) in [4.78, 5) is 8.60. The Labute approximate surface area is 149 Å². The molecule has 2 rings (SSSR count).